The fourth-order valence-corrected chi connectivity index (χ4v) is 3.74. The topological polar surface area (TPSA) is 80.6 Å². The van der Waals surface area contributed by atoms with Crippen LogP contribution in [0.2, 0.25) is 0 Å². The van der Waals surface area contributed by atoms with Crippen LogP contribution in [0.5, 0.6) is 0 Å². The summed E-state index contributed by atoms with van der Waals surface area (Å²) in [5.74, 6) is 0.607. The third-order valence-corrected chi connectivity index (χ3v) is 5.00. The van der Waals surface area contributed by atoms with Gasteiger partial charge in [-0.15, -0.1) is 0 Å². The van der Waals surface area contributed by atoms with E-state index in [2.05, 4.69) is 10.0 Å². The minimum atomic E-state index is -3.54. The lowest BCUT2D eigenvalue weighted by Gasteiger charge is -2.21. The second-order valence-electron chi connectivity index (χ2n) is 5.35. The first kappa shape index (κ1) is 16.5. The van der Waals surface area contributed by atoms with Crippen LogP contribution in [0.1, 0.15) is 37.9 Å². The molecule has 2 rings (SSSR count). The summed E-state index contributed by atoms with van der Waals surface area (Å²) in [6, 6.07) is 3.24. The van der Waals surface area contributed by atoms with Gasteiger partial charge >= 0.3 is 0 Å². The summed E-state index contributed by atoms with van der Waals surface area (Å²) >= 11 is 0. The van der Waals surface area contributed by atoms with Crippen molar-refractivity contribution >= 4 is 10.0 Å². The number of nitrogens with one attached hydrogen (secondary N) is 2. The number of hydrogen-bond donors (Lipinski definition) is 2. The van der Waals surface area contributed by atoms with Gasteiger partial charge in [0.2, 0.25) is 5.09 Å². The first-order chi connectivity index (χ1) is 10.1. The van der Waals surface area contributed by atoms with Gasteiger partial charge < -0.3 is 14.5 Å². The Balaban J connectivity index is 1.89. The van der Waals surface area contributed by atoms with E-state index >= 15 is 0 Å². The van der Waals surface area contributed by atoms with Crippen LogP contribution in [0.4, 0.5) is 0 Å². The van der Waals surface area contributed by atoms with Gasteiger partial charge in [0.1, 0.15) is 5.76 Å². The highest BCUT2D eigenvalue weighted by Crippen LogP contribution is 2.20. The van der Waals surface area contributed by atoms with E-state index in [-0.39, 0.29) is 11.1 Å². The molecule has 0 saturated heterocycles. The molecule has 0 atom stereocenters. The first-order valence-electron chi connectivity index (χ1n) is 7.42. The zero-order valence-corrected chi connectivity index (χ0v) is 13.2. The molecule has 1 aromatic heterocycles. The van der Waals surface area contributed by atoms with Crippen molar-refractivity contribution in [3.8, 4) is 0 Å². The molecule has 1 heterocycles. The molecule has 0 spiro atoms. The predicted octanol–water partition coefficient (Wildman–Crippen LogP) is 1.63. The summed E-state index contributed by atoms with van der Waals surface area (Å²) in [7, 11) is -1.91. The zero-order valence-electron chi connectivity index (χ0n) is 12.4. The molecule has 1 aliphatic carbocycles. The molecule has 0 radical (unpaired) electrons. The molecule has 21 heavy (non-hydrogen) atoms. The smallest absolute Gasteiger partial charge is 0.274 e. The Labute approximate surface area is 126 Å². The maximum atomic E-state index is 12.2. The normalized spacial score (nSPS) is 17.2. The fourth-order valence-electron chi connectivity index (χ4n) is 2.48. The fraction of sp³-hybridized carbons (Fsp3) is 0.714. The van der Waals surface area contributed by atoms with Gasteiger partial charge in [-0.1, -0.05) is 19.3 Å². The number of hydrogen-bond acceptors (Lipinski definition) is 5. The summed E-state index contributed by atoms with van der Waals surface area (Å²) in [5.41, 5.74) is 0. The van der Waals surface area contributed by atoms with Gasteiger partial charge in [-0.25, -0.2) is 13.1 Å². The van der Waals surface area contributed by atoms with Crippen molar-refractivity contribution in [1.29, 1.82) is 0 Å². The summed E-state index contributed by atoms with van der Waals surface area (Å²) in [5, 5.41) is 3.11. The van der Waals surface area contributed by atoms with Crippen LogP contribution in [0.15, 0.2) is 21.6 Å². The van der Waals surface area contributed by atoms with E-state index in [4.69, 9.17) is 9.15 Å². The molecule has 1 saturated carbocycles. The molecule has 0 amide bonds. The lowest BCUT2D eigenvalue weighted by molar-refractivity contribution is 0.198. The predicted molar refractivity (Wildman–Crippen MR) is 79.5 cm³/mol. The van der Waals surface area contributed by atoms with Crippen molar-refractivity contribution in [2.24, 2.45) is 0 Å². The quantitative estimate of drug-likeness (QED) is 0.713. The SMILES string of the molecule is COCCNCc1ccc(S(=O)(=O)NC2CCCCC2)o1. The molecule has 0 aromatic carbocycles. The number of sulfonamides is 1. The highest BCUT2D eigenvalue weighted by Gasteiger charge is 2.24. The third kappa shape index (κ3) is 5.10. The van der Waals surface area contributed by atoms with Crippen molar-refractivity contribution in [1.82, 2.24) is 10.0 Å². The Bertz CT molecular complexity index is 521. The number of methoxy groups -OCH3 is 1. The van der Waals surface area contributed by atoms with E-state index in [0.717, 1.165) is 25.7 Å². The average molecular weight is 316 g/mol. The van der Waals surface area contributed by atoms with Crippen LogP contribution in [0, 0.1) is 0 Å². The largest absolute Gasteiger partial charge is 0.447 e. The summed E-state index contributed by atoms with van der Waals surface area (Å²) in [4.78, 5) is 0. The summed E-state index contributed by atoms with van der Waals surface area (Å²) in [6.07, 6.45) is 5.17. The van der Waals surface area contributed by atoms with Crippen LogP contribution in [0.25, 0.3) is 0 Å². The van der Waals surface area contributed by atoms with E-state index < -0.39 is 10.0 Å². The molecule has 1 aliphatic rings. The van der Waals surface area contributed by atoms with Crippen LogP contribution < -0.4 is 10.0 Å². The van der Waals surface area contributed by atoms with Crippen molar-refractivity contribution in [3.63, 3.8) is 0 Å². The van der Waals surface area contributed by atoms with E-state index in [9.17, 15) is 8.42 Å². The molecule has 6 nitrogen and oxygen atoms in total. The van der Waals surface area contributed by atoms with Crippen molar-refractivity contribution in [3.05, 3.63) is 17.9 Å². The summed E-state index contributed by atoms with van der Waals surface area (Å²) < 4.78 is 37.6. The highest BCUT2D eigenvalue weighted by molar-refractivity contribution is 7.89. The van der Waals surface area contributed by atoms with E-state index in [0.29, 0.717) is 25.5 Å². The van der Waals surface area contributed by atoms with Crippen molar-refractivity contribution < 1.29 is 17.6 Å². The van der Waals surface area contributed by atoms with Crippen molar-refractivity contribution in [2.75, 3.05) is 20.3 Å². The van der Waals surface area contributed by atoms with Gasteiger partial charge in [-0.3, -0.25) is 0 Å². The number of furan rings is 1. The molecule has 2 N–H and O–H groups in total. The lowest BCUT2D eigenvalue weighted by Crippen LogP contribution is -2.35. The van der Waals surface area contributed by atoms with Crippen LogP contribution in [-0.4, -0.2) is 34.7 Å². The van der Waals surface area contributed by atoms with Gasteiger partial charge in [0, 0.05) is 19.7 Å². The minimum Gasteiger partial charge on any atom is -0.447 e. The molecule has 0 aliphatic heterocycles. The first-order valence-corrected chi connectivity index (χ1v) is 8.91. The average Bonchev–Trinajstić information content (AvgIpc) is 2.94. The van der Waals surface area contributed by atoms with Gasteiger partial charge in [0.15, 0.2) is 0 Å². The van der Waals surface area contributed by atoms with Gasteiger partial charge in [0.25, 0.3) is 10.0 Å². The maximum Gasteiger partial charge on any atom is 0.274 e. The Morgan fingerprint density at radius 1 is 1.29 bits per heavy atom. The Morgan fingerprint density at radius 2 is 2.05 bits per heavy atom. The number of rotatable bonds is 8. The van der Waals surface area contributed by atoms with Crippen LogP contribution >= 0.6 is 0 Å². The van der Waals surface area contributed by atoms with Crippen LogP contribution in [0.3, 0.4) is 0 Å². The number of ether oxygens (including phenoxy) is 1. The lowest BCUT2D eigenvalue weighted by atomic mass is 9.96. The molecule has 7 heteroatoms. The Kier molecular flexibility index (Phi) is 6.22. The minimum absolute atomic E-state index is 0.00313. The molecular formula is C14H24N2O4S. The highest BCUT2D eigenvalue weighted by atomic mass is 32.2. The van der Waals surface area contributed by atoms with E-state index in [1.165, 1.54) is 12.5 Å². The van der Waals surface area contributed by atoms with Gasteiger partial charge in [-0.05, 0) is 25.0 Å². The molecule has 120 valence electrons. The maximum absolute atomic E-state index is 12.2. The van der Waals surface area contributed by atoms with Crippen LogP contribution in [-0.2, 0) is 21.3 Å². The Hall–Kier alpha value is -0.890. The zero-order chi connectivity index (χ0) is 15.1. The van der Waals surface area contributed by atoms with E-state index in [1.54, 1.807) is 13.2 Å². The van der Waals surface area contributed by atoms with Gasteiger partial charge in [-0.2, -0.15) is 0 Å². The second-order valence-corrected chi connectivity index (χ2v) is 6.99. The summed E-state index contributed by atoms with van der Waals surface area (Å²) in [6.45, 7) is 1.79. The van der Waals surface area contributed by atoms with E-state index in [1.807, 2.05) is 0 Å². The third-order valence-electron chi connectivity index (χ3n) is 3.61. The van der Waals surface area contributed by atoms with Gasteiger partial charge in [0.05, 0.1) is 13.2 Å². The second kappa shape index (κ2) is 7.93. The molecule has 0 unspecified atom stereocenters. The molecular weight excluding hydrogens is 292 g/mol. The Morgan fingerprint density at radius 3 is 2.76 bits per heavy atom. The molecule has 1 fully saturated rings. The molecule has 1 aromatic rings. The monoisotopic (exact) mass is 316 g/mol. The molecule has 0 bridgehead atoms. The standard InChI is InChI=1S/C14H24N2O4S/c1-19-10-9-15-11-13-7-8-14(20-13)21(17,18)16-12-5-3-2-4-6-12/h7-8,12,15-16H,2-6,9-11H2,1H3. The van der Waals surface area contributed by atoms with Crippen molar-refractivity contribution in [2.45, 2.75) is 49.8 Å².